The van der Waals surface area contributed by atoms with Crippen molar-refractivity contribution >= 4 is 11.6 Å². The SMILES string of the molecule is CN(c1ccc(C(N)=O)cc1)C1CCCC1CN. The van der Waals surface area contributed by atoms with Gasteiger partial charge in [0.25, 0.3) is 0 Å². The summed E-state index contributed by atoms with van der Waals surface area (Å²) in [5.41, 5.74) is 12.7. The van der Waals surface area contributed by atoms with Crippen molar-refractivity contribution in [1.29, 1.82) is 0 Å². The molecule has 1 aromatic rings. The molecule has 0 aromatic heterocycles. The Labute approximate surface area is 108 Å². The number of nitrogens with zero attached hydrogens (tertiary/aromatic N) is 1. The first-order chi connectivity index (χ1) is 8.63. The Bertz CT molecular complexity index is 416. The Morgan fingerprint density at radius 1 is 1.33 bits per heavy atom. The van der Waals surface area contributed by atoms with Crippen LogP contribution in [-0.4, -0.2) is 25.5 Å². The Kier molecular flexibility index (Phi) is 3.87. The van der Waals surface area contributed by atoms with E-state index in [1.165, 1.54) is 19.3 Å². The van der Waals surface area contributed by atoms with Crippen LogP contribution < -0.4 is 16.4 Å². The van der Waals surface area contributed by atoms with Gasteiger partial charge in [0.05, 0.1) is 0 Å². The molecule has 1 aromatic carbocycles. The minimum absolute atomic E-state index is 0.384. The van der Waals surface area contributed by atoms with E-state index in [1.54, 1.807) is 12.1 Å². The summed E-state index contributed by atoms with van der Waals surface area (Å²) in [4.78, 5) is 13.3. The predicted molar refractivity (Wildman–Crippen MR) is 73.5 cm³/mol. The number of carbonyl (C=O) groups excluding carboxylic acids is 1. The van der Waals surface area contributed by atoms with E-state index in [2.05, 4.69) is 11.9 Å². The molecule has 0 bridgehead atoms. The lowest BCUT2D eigenvalue weighted by Crippen LogP contribution is -2.37. The molecule has 2 rings (SSSR count). The van der Waals surface area contributed by atoms with Gasteiger partial charge in [0, 0.05) is 24.3 Å². The van der Waals surface area contributed by atoms with Crippen LogP contribution in [0.15, 0.2) is 24.3 Å². The fraction of sp³-hybridized carbons (Fsp3) is 0.500. The molecule has 4 N–H and O–H groups in total. The van der Waals surface area contributed by atoms with Crippen LogP contribution in [0.4, 0.5) is 5.69 Å². The summed E-state index contributed by atoms with van der Waals surface area (Å²) >= 11 is 0. The van der Waals surface area contributed by atoms with Gasteiger partial charge in [-0.15, -0.1) is 0 Å². The summed E-state index contributed by atoms with van der Waals surface area (Å²) in [6.07, 6.45) is 3.65. The Morgan fingerprint density at radius 3 is 2.56 bits per heavy atom. The second-order valence-corrected chi connectivity index (χ2v) is 5.02. The van der Waals surface area contributed by atoms with E-state index in [1.807, 2.05) is 12.1 Å². The number of carbonyl (C=O) groups is 1. The van der Waals surface area contributed by atoms with Gasteiger partial charge >= 0.3 is 0 Å². The van der Waals surface area contributed by atoms with Crippen LogP contribution in [0.5, 0.6) is 0 Å². The van der Waals surface area contributed by atoms with Gasteiger partial charge in [-0.3, -0.25) is 4.79 Å². The highest BCUT2D eigenvalue weighted by Crippen LogP contribution is 2.31. The van der Waals surface area contributed by atoms with E-state index in [0.29, 0.717) is 17.5 Å². The van der Waals surface area contributed by atoms with Gasteiger partial charge in [-0.2, -0.15) is 0 Å². The first kappa shape index (κ1) is 12.9. The Morgan fingerprint density at radius 2 is 2.00 bits per heavy atom. The number of anilines is 1. The minimum atomic E-state index is -0.384. The second-order valence-electron chi connectivity index (χ2n) is 5.02. The number of hydrogen-bond donors (Lipinski definition) is 2. The van der Waals surface area contributed by atoms with Crippen LogP contribution in [0, 0.1) is 5.92 Å². The molecular formula is C14H21N3O. The van der Waals surface area contributed by atoms with Crippen molar-refractivity contribution < 1.29 is 4.79 Å². The van der Waals surface area contributed by atoms with E-state index in [9.17, 15) is 4.79 Å². The molecule has 1 aliphatic rings. The third-order valence-electron chi connectivity index (χ3n) is 3.98. The zero-order chi connectivity index (χ0) is 13.1. The van der Waals surface area contributed by atoms with Crippen molar-refractivity contribution in [2.45, 2.75) is 25.3 Å². The molecule has 98 valence electrons. The second kappa shape index (κ2) is 5.40. The van der Waals surface area contributed by atoms with E-state index in [-0.39, 0.29) is 5.91 Å². The number of nitrogens with two attached hydrogens (primary N) is 2. The van der Waals surface area contributed by atoms with E-state index < -0.39 is 0 Å². The van der Waals surface area contributed by atoms with Gasteiger partial charge in [0.2, 0.25) is 5.91 Å². The highest BCUT2D eigenvalue weighted by Gasteiger charge is 2.29. The van der Waals surface area contributed by atoms with Crippen molar-refractivity contribution in [2.75, 3.05) is 18.5 Å². The predicted octanol–water partition coefficient (Wildman–Crippen LogP) is 1.35. The number of amides is 1. The molecule has 1 saturated carbocycles. The first-order valence-electron chi connectivity index (χ1n) is 6.46. The van der Waals surface area contributed by atoms with Gasteiger partial charge in [0.1, 0.15) is 0 Å². The molecule has 0 saturated heterocycles. The standard InChI is InChI=1S/C14H21N3O/c1-17(13-4-2-3-11(13)9-15)12-7-5-10(6-8-12)14(16)18/h5-8,11,13H,2-4,9,15H2,1H3,(H2,16,18). The zero-order valence-electron chi connectivity index (χ0n) is 10.8. The van der Waals surface area contributed by atoms with E-state index in [0.717, 1.165) is 12.2 Å². The lowest BCUT2D eigenvalue weighted by atomic mass is 10.0. The summed E-state index contributed by atoms with van der Waals surface area (Å²) in [5.74, 6) is 0.190. The number of hydrogen-bond acceptors (Lipinski definition) is 3. The van der Waals surface area contributed by atoms with E-state index in [4.69, 9.17) is 11.5 Å². The summed E-state index contributed by atoms with van der Waals surface area (Å²) in [5, 5.41) is 0. The number of primary amides is 1. The van der Waals surface area contributed by atoms with Crippen LogP contribution in [0.25, 0.3) is 0 Å². The fourth-order valence-electron chi connectivity index (χ4n) is 2.85. The molecule has 1 amide bonds. The molecular weight excluding hydrogens is 226 g/mol. The summed E-state index contributed by atoms with van der Waals surface area (Å²) < 4.78 is 0. The zero-order valence-corrected chi connectivity index (χ0v) is 10.8. The van der Waals surface area contributed by atoms with Crippen molar-refractivity contribution in [3.8, 4) is 0 Å². The molecule has 4 nitrogen and oxygen atoms in total. The maximum atomic E-state index is 11.0. The fourth-order valence-corrected chi connectivity index (χ4v) is 2.85. The molecule has 0 radical (unpaired) electrons. The van der Waals surface area contributed by atoms with Gasteiger partial charge in [-0.25, -0.2) is 0 Å². The van der Waals surface area contributed by atoms with Crippen molar-refractivity contribution in [2.24, 2.45) is 17.4 Å². The molecule has 1 fully saturated rings. The van der Waals surface area contributed by atoms with Gasteiger partial charge in [0.15, 0.2) is 0 Å². The smallest absolute Gasteiger partial charge is 0.248 e. The molecule has 4 heteroatoms. The molecule has 2 unspecified atom stereocenters. The summed E-state index contributed by atoms with van der Waals surface area (Å²) in [7, 11) is 2.10. The third kappa shape index (κ3) is 2.48. The van der Waals surface area contributed by atoms with Crippen molar-refractivity contribution in [1.82, 2.24) is 0 Å². The first-order valence-corrected chi connectivity index (χ1v) is 6.46. The molecule has 1 aliphatic carbocycles. The van der Waals surface area contributed by atoms with Gasteiger partial charge < -0.3 is 16.4 Å². The number of benzene rings is 1. The van der Waals surface area contributed by atoms with Crippen molar-refractivity contribution in [3.05, 3.63) is 29.8 Å². The Balaban J connectivity index is 2.13. The van der Waals surface area contributed by atoms with Crippen LogP contribution in [-0.2, 0) is 0 Å². The highest BCUT2D eigenvalue weighted by molar-refractivity contribution is 5.93. The number of rotatable bonds is 4. The Hall–Kier alpha value is -1.55. The molecule has 2 atom stereocenters. The van der Waals surface area contributed by atoms with Crippen LogP contribution in [0.2, 0.25) is 0 Å². The average Bonchev–Trinajstić information content (AvgIpc) is 2.86. The van der Waals surface area contributed by atoms with E-state index >= 15 is 0 Å². The monoisotopic (exact) mass is 247 g/mol. The molecule has 0 aliphatic heterocycles. The largest absolute Gasteiger partial charge is 0.371 e. The average molecular weight is 247 g/mol. The lowest BCUT2D eigenvalue weighted by molar-refractivity contribution is 0.100. The van der Waals surface area contributed by atoms with Crippen LogP contribution in [0.1, 0.15) is 29.6 Å². The van der Waals surface area contributed by atoms with Gasteiger partial charge in [-0.05, 0) is 49.6 Å². The lowest BCUT2D eigenvalue weighted by Gasteiger charge is -2.31. The van der Waals surface area contributed by atoms with Gasteiger partial charge in [-0.1, -0.05) is 6.42 Å². The topological polar surface area (TPSA) is 72.3 Å². The van der Waals surface area contributed by atoms with Crippen LogP contribution in [0.3, 0.4) is 0 Å². The summed E-state index contributed by atoms with van der Waals surface area (Å²) in [6, 6.07) is 7.97. The summed E-state index contributed by atoms with van der Waals surface area (Å²) in [6.45, 7) is 0.744. The molecule has 0 spiro atoms. The third-order valence-corrected chi connectivity index (χ3v) is 3.98. The molecule has 18 heavy (non-hydrogen) atoms. The quantitative estimate of drug-likeness (QED) is 0.843. The van der Waals surface area contributed by atoms with Crippen LogP contribution >= 0.6 is 0 Å². The minimum Gasteiger partial charge on any atom is -0.371 e. The normalized spacial score (nSPS) is 23.0. The van der Waals surface area contributed by atoms with Crippen molar-refractivity contribution in [3.63, 3.8) is 0 Å². The highest BCUT2D eigenvalue weighted by atomic mass is 16.1. The maximum absolute atomic E-state index is 11.0. The molecule has 0 heterocycles. The maximum Gasteiger partial charge on any atom is 0.248 e.